The number of esters is 1. The molecule has 2 aromatic rings. The summed E-state index contributed by atoms with van der Waals surface area (Å²) < 4.78 is 5.30. The molecular formula is C18H19ClN4O4. The van der Waals surface area contributed by atoms with Crippen LogP contribution in [0.1, 0.15) is 16.1 Å². The van der Waals surface area contributed by atoms with Gasteiger partial charge in [-0.25, -0.2) is 14.8 Å². The van der Waals surface area contributed by atoms with Crippen LogP contribution in [-0.2, 0) is 16.1 Å². The van der Waals surface area contributed by atoms with Gasteiger partial charge in [0.1, 0.15) is 12.4 Å². The lowest BCUT2D eigenvalue weighted by Crippen LogP contribution is -2.48. The van der Waals surface area contributed by atoms with Crippen molar-refractivity contribution in [3.8, 4) is 0 Å². The van der Waals surface area contributed by atoms with Crippen molar-refractivity contribution >= 4 is 29.4 Å². The van der Waals surface area contributed by atoms with Gasteiger partial charge in [0.15, 0.2) is 5.69 Å². The topological polar surface area (TPSA) is 95.9 Å². The fourth-order valence-electron chi connectivity index (χ4n) is 2.78. The molecule has 2 heterocycles. The van der Waals surface area contributed by atoms with E-state index in [-0.39, 0.29) is 30.1 Å². The van der Waals surface area contributed by atoms with Crippen molar-refractivity contribution in [1.29, 1.82) is 0 Å². The fourth-order valence-corrected chi connectivity index (χ4v) is 2.96. The highest BCUT2D eigenvalue weighted by Crippen LogP contribution is 2.17. The van der Waals surface area contributed by atoms with E-state index in [4.69, 9.17) is 21.4 Å². The van der Waals surface area contributed by atoms with Crippen LogP contribution in [0.15, 0.2) is 36.4 Å². The zero-order valence-corrected chi connectivity index (χ0v) is 15.3. The maximum Gasteiger partial charge on any atom is 0.354 e. The van der Waals surface area contributed by atoms with E-state index >= 15 is 0 Å². The van der Waals surface area contributed by atoms with E-state index < -0.39 is 5.97 Å². The summed E-state index contributed by atoms with van der Waals surface area (Å²) in [5.74, 6) is -0.954. The molecule has 1 aromatic carbocycles. The number of nitrogens with zero attached hydrogens (tertiary/aromatic N) is 4. The number of carbonyl (C=O) groups excluding carboxylic acids is 1. The van der Waals surface area contributed by atoms with Crippen molar-refractivity contribution in [3.63, 3.8) is 0 Å². The van der Waals surface area contributed by atoms with E-state index in [9.17, 15) is 9.59 Å². The van der Waals surface area contributed by atoms with Gasteiger partial charge < -0.3 is 14.7 Å². The van der Waals surface area contributed by atoms with Gasteiger partial charge in [0.25, 0.3) is 0 Å². The Morgan fingerprint density at radius 1 is 1.11 bits per heavy atom. The predicted molar refractivity (Wildman–Crippen MR) is 98.9 cm³/mol. The maximum absolute atomic E-state index is 12.0. The molecule has 9 heteroatoms. The third-order valence-corrected chi connectivity index (χ3v) is 4.37. The number of halogens is 1. The minimum Gasteiger partial charge on any atom is -0.477 e. The number of rotatable bonds is 6. The number of carboxylic acid groups (broad SMARTS) is 1. The van der Waals surface area contributed by atoms with E-state index in [1.165, 1.54) is 6.07 Å². The van der Waals surface area contributed by atoms with E-state index in [0.717, 1.165) is 5.56 Å². The summed E-state index contributed by atoms with van der Waals surface area (Å²) in [5.41, 5.74) is 0.808. The first-order chi connectivity index (χ1) is 13.0. The molecular weight excluding hydrogens is 372 g/mol. The molecule has 0 radical (unpaired) electrons. The van der Waals surface area contributed by atoms with Crippen molar-refractivity contribution in [2.75, 3.05) is 37.6 Å². The third kappa shape index (κ3) is 5.38. The van der Waals surface area contributed by atoms with Gasteiger partial charge in [-0.15, -0.1) is 0 Å². The Hall–Kier alpha value is -2.71. The first kappa shape index (κ1) is 19.1. The number of piperazine rings is 1. The van der Waals surface area contributed by atoms with E-state index in [2.05, 4.69) is 9.97 Å². The summed E-state index contributed by atoms with van der Waals surface area (Å²) >= 11 is 5.81. The van der Waals surface area contributed by atoms with Gasteiger partial charge in [0, 0.05) is 32.2 Å². The normalized spacial score (nSPS) is 14.8. The number of ether oxygens (including phenoxy) is 1. The number of hydrogen-bond donors (Lipinski definition) is 1. The van der Waals surface area contributed by atoms with Gasteiger partial charge in [-0.05, 0) is 17.2 Å². The van der Waals surface area contributed by atoms with E-state index in [0.29, 0.717) is 32.0 Å². The Labute approximate surface area is 161 Å². The van der Waals surface area contributed by atoms with Crippen molar-refractivity contribution in [2.45, 2.75) is 6.61 Å². The number of benzene rings is 1. The number of hydrogen-bond acceptors (Lipinski definition) is 7. The lowest BCUT2D eigenvalue weighted by Gasteiger charge is -2.34. The van der Waals surface area contributed by atoms with E-state index in [1.807, 2.05) is 40.1 Å². The number of aromatic nitrogens is 2. The Bertz CT molecular complexity index is 810. The second-order valence-electron chi connectivity index (χ2n) is 6.10. The zero-order chi connectivity index (χ0) is 19.2. The first-order valence-electron chi connectivity index (χ1n) is 8.46. The maximum atomic E-state index is 12.0. The smallest absolute Gasteiger partial charge is 0.354 e. The average molecular weight is 391 g/mol. The highest BCUT2D eigenvalue weighted by molar-refractivity contribution is 6.28. The molecule has 0 atom stereocenters. The minimum absolute atomic E-state index is 0.100. The van der Waals surface area contributed by atoms with Gasteiger partial charge in [-0.1, -0.05) is 30.3 Å². The molecule has 1 aromatic heterocycles. The molecule has 0 saturated carbocycles. The van der Waals surface area contributed by atoms with Crippen LogP contribution in [0.5, 0.6) is 0 Å². The standard InChI is InChI=1S/C18H19ClN4O4/c19-18-20-14(17(25)26)10-15(21-18)23-8-6-22(7-9-23)11-16(24)27-12-13-4-2-1-3-5-13/h1-5,10H,6-9,11-12H2,(H,25,26). The third-order valence-electron chi connectivity index (χ3n) is 4.20. The van der Waals surface area contributed by atoms with Crippen molar-refractivity contribution in [1.82, 2.24) is 14.9 Å². The monoisotopic (exact) mass is 390 g/mol. The van der Waals surface area contributed by atoms with E-state index in [1.54, 1.807) is 0 Å². The molecule has 0 spiro atoms. The number of carboxylic acids is 1. The van der Waals surface area contributed by atoms with Crippen LogP contribution >= 0.6 is 11.6 Å². The first-order valence-corrected chi connectivity index (χ1v) is 8.84. The van der Waals surface area contributed by atoms with Gasteiger partial charge in [-0.2, -0.15) is 0 Å². The van der Waals surface area contributed by atoms with Crippen LogP contribution in [0.4, 0.5) is 5.82 Å². The number of anilines is 1. The molecule has 1 N–H and O–H groups in total. The van der Waals surface area contributed by atoms with Gasteiger partial charge in [0.2, 0.25) is 5.28 Å². The van der Waals surface area contributed by atoms with Gasteiger partial charge >= 0.3 is 11.9 Å². The van der Waals surface area contributed by atoms with Crippen LogP contribution in [0.25, 0.3) is 0 Å². The molecule has 1 fully saturated rings. The second-order valence-corrected chi connectivity index (χ2v) is 6.43. The lowest BCUT2D eigenvalue weighted by atomic mass is 10.2. The number of carbonyl (C=O) groups is 2. The SMILES string of the molecule is O=C(CN1CCN(c2cc(C(=O)O)nc(Cl)n2)CC1)OCc1ccccc1. The highest BCUT2D eigenvalue weighted by atomic mass is 35.5. The summed E-state index contributed by atoms with van der Waals surface area (Å²) in [5, 5.41) is 8.98. The zero-order valence-electron chi connectivity index (χ0n) is 14.5. The number of aromatic carboxylic acids is 1. The molecule has 0 unspecified atom stereocenters. The molecule has 8 nitrogen and oxygen atoms in total. The molecule has 142 valence electrons. The van der Waals surface area contributed by atoms with Crippen LogP contribution in [0, 0.1) is 0 Å². The van der Waals surface area contributed by atoms with Gasteiger partial charge in [-0.3, -0.25) is 9.69 Å². The molecule has 1 aliphatic rings. The van der Waals surface area contributed by atoms with Crippen LogP contribution < -0.4 is 4.90 Å². The van der Waals surface area contributed by atoms with Crippen LogP contribution in [0.3, 0.4) is 0 Å². The van der Waals surface area contributed by atoms with Crippen molar-refractivity contribution in [2.24, 2.45) is 0 Å². The molecule has 0 amide bonds. The lowest BCUT2D eigenvalue weighted by molar-refractivity contribution is -0.146. The molecule has 27 heavy (non-hydrogen) atoms. The Morgan fingerprint density at radius 2 is 1.81 bits per heavy atom. The van der Waals surface area contributed by atoms with Crippen molar-refractivity contribution in [3.05, 3.63) is 52.9 Å². The second kappa shape index (κ2) is 8.79. The largest absolute Gasteiger partial charge is 0.477 e. The minimum atomic E-state index is -1.15. The average Bonchev–Trinajstić information content (AvgIpc) is 2.67. The van der Waals surface area contributed by atoms with Crippen LogP contribution in [-0.4, -0.2) is 64.6 Å². The molecule has 1 saturated heterocycles. The Morgan fingerprint density at radius 3 is 2.48 bits per heavy atom. The summed E-state index contributed by atoms with van der Waals surface area (Å²) in [6.45, 7) is 2.92. The predicted octanol–water partition coefficient (Wildman–Crippen LogP) is 1.69. The molecule has 0 aliphatic carbocycles. The van der Waals surface area contributed by atoms with Crippen LogP contribution in [0.2, 0.25) is 5.28 Å². The quantitative estimate of drug-likeness (QED) is 0.588. The van der Waals surface area contributed by atoms with Crippen molar-refractivity contribution < 1.29 is 19.4 Å². The summed E-state index contributed by atoms with van der Waals surface area (Å²) in [6.07, 6.45) is 0. The summed E-state index contributed by atoms with van der Waals surface area (Å²) in [6, 6.07) is 10.9. The molecule has 3 rings (SSSR count). The fraction of sp³-hybridized carbons (Fsp3) is 0.333. The Kier molecular flexibility index (Phi) is 6.20. The molecule has 0 bridgehead atoms. The summed E-state index contributed by atoms with van der Waals surface area (Å²) in [4.78, 5) is 34.8. The Balaban J connectivity index is 1.49. The van der Waals surface area contributed by atoms with Gasteiger partial charge in [0.05, 0.1) is 6.54 Å². The highest BCUT2D eigenvalue weighted by Gasteiger charge is 2.22. The molecule has 1 aliphatic heterocycles. The summed E-state index contributed by atoms with van der Waals surface area (Å²) in [7, 11) is 0.